The Kier molecular flexibility index (Phi) is 4.23. The lowest BCUT2D eigenvalue weighted by atomic mass is 10.0. The Morgan fingerprint density at radius 1 is 1.15 bits per heavy atom. The van der Waals surface area contributed by atoms with Gasteiger partial charge in [-0.05, 0) is 44.0 Å². The van der Waals surface area contributed by atoms with E-state index in [1.54, 1.807) is 0 Å². The average Bonchev–Trinajstić information content (AvgIpc) is 2.38. The number of ether oxygens (including phenoxy) is 1. The Labute approximate surface area is 120 Å². The fourth-order valence-electron chi connectivity index (χ4n) is 2.31. The molecule has 0 aliphatic heterocycles. The van der Waals surface area contributed by atoms with Crippen molar-refractivity contribution in [3.05, 3.63) is 35.5 Å². The predicted octanol–water partition coefficient (Wildman–Crippen LogP) is 3.56. The molecule has 0 aliphatic rings. The minimum absolute atomic E-state index is 0.324. The molecule has 4 heteroatoms. The summed E-state index contributed by atoms with van der Waals surface area (Å²) in [5.74, 6) is 2.40. The lowest BCUT2D eigenvalue weighted by Crippen LogP contribution is -2.06. The predicted molar refractivity (Wildman–Crippen MR) is 81.9 cm³/mol. The first kappa shape index (κ1) is 14.3. The van der Waals surface area contributed by atoms with Crippen LogP contribution >= 0.6 is 0 Å². The normalized spacial score (nSPS) is 10.8. The van der Waals surface area contributed by atoms with Crippen molar-refractivity contribution in [2.45, 2.75) is 33.6 Å². The van der Waals surface area contributed by atoms with Crippen LogP contribution in [0.25, 0.3) is 11.4 Å². The van der Waals surface area contributed by atoms with E-state index in [2.05, 4.69) is 23.8 Å². The molecule has 0 spiro atoms. The molecular weight excluding hydrogens is 250 g/mol. The third-order valence-corrected chi connectivity index (χ3v) is 3.17. The second-order valence-electron chi connectivity index (χ2n) is 5.04. The summed E-state index contributed by atoms with van der Waals surface area (Å²) >= 11 is 0. The van der Waals surface area contributed by atoms with Gasteiger partial charge in [-0.1, -0.05) is 13.8 Å². The quantitative estimate of drug-likeness (QED) is 0.923. The number of aromatic nitrogens is 2. The second kappa shape index (κ2) is 5.90. The van der Waals surface area contributed by atoms with E-state index in [0.29, 0.717) is 24.2 Å². The van der Waals surface area contributed by atoms with Gasteiger partial charge in [0.15, 0.2) is 5.82 Å². The maximum atomic E-state index is 6.06. The zero-order valence-corrected chi connectivity index (χ0v) is 12.5. The Bertz CT molecular complexity index is 568. The Morgan fingerprint density at radius 2 is 1.80 bits per heavy atom. The number of hydrogen-bond donors (Lipinski definition) is 1. The van der Waals surface area contributed by atoms with Crippen molar-refractivity contribution >= 4 is 5.82 Å². The van der Waals surface area contributed by atoms with Crippen molar-refractivity contribution in [2.75, 3.05) is 12.3 Å². The SMILES string of the molecule is CCOc1ccc(-c2nc(C)c(C(C)C)c(N)n2)cc1. The molecule has 2 N–H and O–H groups in total. The fraction of sp³-hybridized carbons (Fsp3) is 0.375. The Morgan fingerprint density at radius 3 is 2.30 bits per heavy atom. The van der Waals surface area contributed by atoms with Crippen LogP contribution in [0.3, 0.4) is 0 Å². The molecule has 0 amide bonds. The summed E-state index contributed by atoms with van der Waals surface area (Å²) in [7, 11) is 0. The van der Waals surface area contributed by atoms with Crippen LogP contribution in [0.2, 0.25) is 0 Å². The molecule has 0 bridgehead atoms. The highest BCUT2D eigenvalue weighted by atomic mass is 16.5. The third-order valence-electron chi connectivity index (χ3n) is 3.17. The van der Waals surface area contributed by atoms with Crippen LogP contribution in [0.4, 0.5) is 5.82 Å². The van der Waals surface area contributed by atoms with Crippen LogP contribution in [0.15, 0.2) is 24.3 Å². The summed E-state index contributed by atoms with van der Waals surface area (Å²) in [6.45, 7) is 8.79. The van der Waals surface area contributed by atoms with E-state index < -0.39 is 0 Å². The van der Waals surface area contributed by atoms with Gasteiger partial charge < -0.3 is 10.5 Å². The number of nitrogens with two attached hydrogens (primary N) is 1. The summed E-state index contributed by atoms with van der Waals surface area (Å²) in [6.07, 6.45) is 0. The Hall–Kier alpha value is -2.10. The van der Waals surface area contributed by atoms with Gasteiger partial charge in [-0.3, -0.25) is 0 Å². The summed E-state index contributed by atoms with van der Waals surface area (Å²) in [5.41, 5.74) is 8.97. The number of nitrogen functional groups attached to an aromatic ring is 1. The van der Waals surface area contributed by atoms with Crippen LogP contribution < -0.4 is 10.5 Å². The smallest absolute Gasteiger partial charge is 0.161 e. The topological polar surface area (TPSA) is 61.0 Å². The van der Waals surface area contributed by atoms with Gasteiger partial charge in [0.05, 0.1) is 6.61 Å². The standard InChI is InChI=1S/C16H21N3O/c1-5-20-13-8-6-12(7-9-13)16-18-11(4)14(10(2)3)15(17)19-16/h6-10H,5H2,1-4H3,(H2,17,18,19). The molecule has 0 unspecified atom stereocenters. The highest BCUT2D eigenvalue weighted by molar-refractivity contribution is 5.60. The van der Waals surface area contributed by atoms with Gasteiger partial charge in [0, 0.05) is 16.8 Å². The van der Waals surface area contributed by atoms with Crippen molar-refractivity contribution < 1.29 is 4.74 Å². The van der Waals surface area contributed by atoms with Crippen LogP contribution in [0.1, 0.15) is 37.9 Å². The minimum atomic E-state index is 0.324. The van der Waals surface area contributed by atoms with E-state index in [-0.39, 0.29) is 0 Å². The maximum absolute atomic E-state index is 6.06. The van der Waals surface area contributed by atoms with Gasteiger partial charge in [-0.15, -0.1) is 0 Å². The fourth-order valence-corrected chi connectivity index (χ4v) is 2.31. The average molecular weight is 271 g/mol. The van der Waals surface area contributed by atoms with Crippen LogP contribution in [0.5, 0.6) is 5.75 Å². The molecule has 106 valence electrons. The van der Waals surface area contributed by atoms with Crippen LogP contribution in [-0.2, 0) is 0 Å². The molecule has 0 fully saturated rings. The van der Waals surface area contributed by atoms with Gasteiger partial charge in [-0.25, -0.2) is 9.97 Å². The molecule has 0 saturated carbocycles. The van der Waals surface area contributed by atoms with Crippen LogP contribution in [-0.4, -0.2) is 16.6 Å². The minimum Gasteiger partial charge on any atom is -0.494 e. The summed E-state index contributed by atoms with van der Waals surface area (Å²) < 4.78 is 5.43. The van der Waals surface area contributed by atoms with Gasteiger partial charge >= 0.3 is 0 Å². The van der Waals surface area contributed by atoms with Gasteiger partial charge in [-0.2, -0.15) is 0 Å². The monoisotopic (exact) mass is 271 g/mol. The van der Waals surface area contributed by atoms with Crippen molar-refractivity contribution in [3.8, 4) is 17.1 Å². The number of hydrogen-bond acceptors (Lipinski definition) is 4. The summed E-state index contributed by atoms with van der Waals surface area (Å²) in [5, 5.41) is 0. The van der Waals surface area contributed by atoms with Crippen molar-refractivity contribution in [1.29, 1.82) is 0 Å². The first-order chi connectivity index (χ1) is 9.52. The Balaban J connectivity index is 2.38. The molecule has 0 saturated heterocycles. The third kappa shape index (κ3) is 2.90. The first-order valence-electron chi connectivity index (χ1n) is 6.90. The van der Waals surface area contributed by atoms with Crippen LogP contribution in [0, 0.1) is 6.92 Å². The molecule has 1 aromatic carbocycles. The zero-order valence-electron chi connectivity index (χ0n) is 12.5. The van der Waals surface area contributed by atoms with Crippen molar-refractivity contribution in [1.82, 2.24) is 9.97 Å². The number of nitrogens with zero attached hydrogens (tertiary/aromatic N) is 2. The first-order valence-corrected chi connectivity index (χ1v) is 6.90. The highest BCUT2D eigenvalue weighted by Crippen LogP contribution is 2.26. The summed E-state index contributed by atoms with van der Waals surface area (Å²) in [6, 6.07) is 7.75. The maximum Gasteiger partial charge on any atom is 0.161 e. The zero-order chi connectivity index (χ0) is 14.7. The molecular formula is C16H21N3O. The van der Waals surface area contributed by atoms with Crippen molar-refractivity contribution in [3.63, 3.8) is 0 Å². The molecule has 4 nitrogen and oxygen atoms in total. The molecule has 0 aliphatic carbocycles. The highest BCUT2D eigenvalue weighted by Gasteiger charge is 2.13. The molecule has 2 rings (SSSR count). The molecule has 20 heavy (non-hydrogen) atoms. The second-order valence-corrected chi connectivity index (χ2v) is 5.04. The summed E-state index contributed by atoms with van der Waals surface area (Å²) in [4.78, 5) is 9.00. The molecule has 0 atom stereocenters. The molecule has 1 aromatic heterocycles. The number of aryl methyl sites for hydroxylation is 1. The van der Waals surface area contributed by atoms with E-state index >= 15 is 0 Å². The van der Waals surface area contributed by atoms with Gasteiger partial charge in [0.2, 0.25) is 0 Å². The number of anilines is 1. The number of benzene rings is 1. The van der Waals surface area contributed by atoms with Gasteiger partial charge in [0.1, 0.15) is 11.6 Å². The van der Waals surface area contributed by atoms with Gasteiger partial charge in [0.25, 0.3) is 0 Å². The van der Waals surface area contributed by atoms with E-state index in [9.17, 15) is 0 Å². The van der Waals surface area contributed by atoms with E-state index in [0.717, 1.165) is 22.6 Å². The molecule has 1 heterocycles. The molecule has 0 radical (unpaired) electrons. The molecule has 2 aromatic rings. The van der Waals surface area contributed by atoms with Crippen molar-refractivity contribution in [2.24, 2.45) is 0 Å². The van der Waals surface area contributed by atoms with E-state index in [1.807, 2.05) is 38.1 Å². The lowest BCUT2D eigenvalue weighted by Gasteiger charge is -2.13. The largest absolute Gasteiger partial charge is 0.494 e. The van der Waals surface area contributed by atoms with E-state index in [1.165, 1.54) is 0 Å². The number of rotatable bonds is 4. The lowest BCUT2D eigenvalue weighted by molar-refractivity contribution is 0.340. The van der Waals surface area contributed by atoms with E-state index in [4.69, 9.17) is 10.5 Å².